The summed E-state index contributed by atoms with van der Waals surface area (Å²) in [4.78, 5) is 12.3. The minimum Gasteiger partial charge on any atom is -0.497 e. The molecule has 1 fully saturated rings. The lowest BCUT2D eigenvalue weighted by molar-refractivity contribution is -0.708. The number of nitrogens with two attached hydrogens (primary N) is 1. The summed E-state index contributed by atoms with van der Waals surface area (Å²) in [6.45, 7) is 2.59. The van der Waals surface area contributed by atoms with E-state index in [0.717, 1.165) is 11.3 Å². The van der Waals surface area contributed by atoms with Crippen molar-refractivity contribution in [1.29, 1.82) is 0 Å². The maximum absolute atomic E-state index is 12.3. The first-order chi connectivity index (χ1) is 11.2. The van der Waals surface area contributed by atoms with Gasteiger partial charge in [-0.25, -0.2) is 0 Å². The van der Waals surface area contributed by atoms with Crippen molar-refractivity contribution in [2.24, 2.45) is 0 Å². The second-order valence-corrected chi connectivity index (χ2v) is 6.65. The molecular weight excluding hydrogens is 288 g/mol. The van der Waals surface area contributed by atoms with Gasteiger partial charge in [0, 0.05) is 6.54 Å². The Labute approximate surface area is 140 Å². The largest absolute Gasteiger partial charge is 0.497 e. The number of benzene rings is 1. The van der Waals surface area contributed by atoms with E-state index in [0.29, 0.717) is 12.6 Å². The Morgan fingerprint density at radius 1 is 1.17 bits per heavy atom. The van der Waals surface area contributed by atoms with E-state index in [1.165, 1.54) is 44.9 Å². The second-order valence-electron chi connectivity index (χ2n) is 6.65. The molecule has 0 aromatic heterocycles. The molecule has 1 aromatic rings. The molecule has 1 amide bonds. The van der Waals surface area contributed by atoms with Gasteiger partial charge < -0.3 is 15.4 Å². The number of ether oxygens (including phenoxy) is 1. The van der Waals surface area contributed by atoms with E-state index in [1.807, 2.05) is 31.2 Å². The van der Waals surface area contributed by atoms with E-state index in [-0.39, 0.29) is 11.9 Å². The standard InChI is InChI=1S/C19H30N2O2/c1-15(21-17-8-6-4-3-5-7-9-17)19(22)20-14-16-10-12-18(23-2)13-11-16/h10-13,15,17,21H,3-9,14H2,1-2H3,(H,20,22)/p+1/t15-/m1/s1. The normalized spacial score (nSPS) is 17.8. The third-order valence-electron chi connectivity index (χ3n) is 4.75. The number of amides is 1. The number of carbonyl (C=O) groups is 1. The molecule has 3 N–H and O–H groups in total. The molecule has 0 unspecified atom stereocenters. The van der Waals surface area contributed by atoms with Crippen LogP contribution in [0.3, 0.4) is 0 Å². The molecule has 23 heavy (non-hydrogen) atoms. The number of hydrogen-bond donors (Lipinski definition) is 2. The van der Waals surface area contributed by atoms with Crippen molar-refractivity contribution < 1.29 is 14.8 Å². The fraction of sp³-hybridized carbons (Fsp3) is 0.632. The lowest BCUT2D eigenvalue weighted by Crippen LogP contribution is -2.96. The Morgan fingerprint density at radius 3 is 2.39 bits per heavy atom. The van der Waals surface area contributed by atoms with Crippen molar-refractivity contribution >= 4 is 5.91 Å². The highest BCUT2D eigenvalue weighted by Gasteiger charge is 2.22. The first-order valence-corrected chi connectivity index (χ1v) is 8.94. The van der Waals surface area contributed by atoms with Crippen molar-refractivity contribution in [3.63, 3.8) is 0 Å². The Balaban J connectivity index is 1.74. The van der Waals surface area contributed by atoms with Gasteiger partial charge in [0.05, 0.1) is 13.2 Å². The average molecular weight is 319 g/mol. The summed E-state index contributed by atoms with van der Waals surface area (Å²) in [6.07, 6.45) is 9.18. The molecule has 0 spiro atoms. The van der Waals surface area contributed by atoms with Crippen LogP contribution in [0.2, 0.25) is 0 Å². The summed E-state index contributed by atoms with van der Waals surface area (Å²) in [7, 11) is 1.66. The van der Waals surface area contributed by atoms with Crippen LogP contribution in [-0.2, 0) is 11.3 Å². The fourth-order valence-corrected chi connectivity index (χ4v) is 3.27. The summed E-state index contributed by atoms with van der Waals surface area (Å²) in [5.74, 6) is 0.967. The zero-order valence-corrected chi connectivity index (χ0v) is 14.5. The van der Waals surface area contributed by atoms with Crippen molar-refractivity contribution in [2.75, 3.05) is 7.11 Å². The van der Waals surface area contributed by atoms with Gasteiger partial charge in [0.1, 0.15) is 5.75 Å². The van der Waals surface area contributed by atoms with Gasteiger partial charge >= 0.3 is 0 Å². The quantitative estimate of drug-likeness (QED) is 0.846. The zero-order valence-electron chi connectivity index (χ0n) is 14.5. The van der Waals surface area contributed by atoms with Gasteiger partial charge in [0.2, 0.25) is 0 Å². The van der Waals surface area contributed by atoms with Crippen LogP contribution in [0.15, 0.2) is 24.3 Å². The van der Waals surface area contributed by atoms with Crippen LogP contribution < -0.4 is 15.4 Å². The molecule has 0 radical (unpaired) electrons. The van der Waals surface area contributed by atoms with E-state index in [2.05, 4.69) is 10.6 Å². The van der Waals surface area contributed by atoms with Gasteiger partial charge in [-0.05, 0) is 50.3 Å². The molecule has 0 bridgehead atoms. The molecule has 4 heteroatoms. The number of methoxy groups -OCH3 is 1. The first kappa shape index (κ1) is 17.8. The topological polar surface area (TPSA) is 54.9 Å². The number of hydrogen-bond acceptors (Lipinski definition) is 2. The van der Waals surface area contributed by atoms with Gasteiger partial charge in [0.15, 0.2) is 6.04 Å². The average Bonchev–Trinajstić information content (AvgIpc) is 2.55. The van der Waals surface area contributed by atoms with Crippen molar-refractivity contribution in [3.05, 3.63) is 29.8 Å². The summed E-state index contributed by atoms with van der Waals surface area (Å²) in [5, 5.41) is 5.32. The van der Waals surface area contributed by atoms with E-state index >= 15 is 0 Å². The van der Waals surface area contributed by atoms with E-state index in [4.69, 9.17) is 4.74 Å². The number of carbonyl (C=O) groups excluding carboxylic acids is 1. The predicted molar refractivity (Wildman–Crippen MR) is 92.3 cm³/mol. The molecule has 0 heterocycles. The minimum atomic E-state index is -0.0160. The monoisotopic (exact) mass is 319 g/mol. The van der Waals surface area contributed by atoms with Crippen LogP contribution in [-0.4, -0.2) is 25.1 Å². The fourth-order valence-electron chi connectivity index (χ4n) is 3.27. The van der Waals surface area contributed by atoms with Gasteiger partial charge in [-0.3, -0.25) is 4.79 Å². The highest BCUT2D eigenvalue weighted by atomic mass is 16.5. The van der Waals surface area contributed by atoms with Crippen molar-refractivity contribution in [3.8, 4) is 5.75 Å². The van der Waals surface area contributed by atoms with Crippen molar-refractivity contribution in [1.82, 2.24) is 5.32 Å². The molecule has 1 saturated carbocycles. The van der Waals surface area contributed by atoms with E-state index in [1.54, 1.807) is 7.11 Å². The van der Waals surface area contributed by atoms with Crippen LogP contribution >= 0.6 is 0 Å². The highest BCUT2D eigenvalue weighted by Crippen LogP contribution is 2.15. The summed E-state index contributed by atoms with van der Waals surface area (Å²) < 4.78 is 5.14. The predicted octanol–water partition coefficient (Wildman–Crippen LogP) is 2.38. The molecule has 4 nitrogen and oxygen atoms in total. The van der Waals surface area contributed by atoms with Gasteiger partial charge in [0.25, 0.3) is 5.91 Å². The molecule has 0 aliphatic heterocycles. The minimum absolute atomic E-state index is 0.0160. The van der Waals surface area contributed by atoms with Crippen LogP contribution in [0.5, 0.6) is 5.75 Å². The van der Waals surface area contributed by atoms with E-state index in [9.17, 15) is 4.79 Å². The van der Waals surface area contributed by atoms with Crippen LogP contribution in [0.4, 0.5) is 0 Å². The Hall–Kier alpha value is -1.55. The van der Waals surface area contributed by atoms with Crippen LogP contribution in [0.1, 0.15) is 57.4 Å². The maximum atomic E-state index is 12.3. The lowest BCUT2D eigenvalue weighted by Gasteiger charge is -2.21. The summed E-state index contributed by atoms with van der Waals surface area (Å²) in [5.41, 5.74) is 1.09. The Morgan fingerprint density at radius 2 is 1.78 bits per heavy atom. The molecule has 1 aliphatic rings. The van der Waals surface area contributed by atoms with Gasteiger partial charge in [-0.2, -0.15) is 0 Å². The lowest BCUT2D eigenvalue weighted by atomic mass is 9.96. The summed E-state index contributed by atoms with van der Waals surface area (Å²) in [6, 6.07) is 8.41. The smallest absolute Gasteiger partial charge is 0.278 e. The highest BCUT2D eigenvalue weighted by molar-refractivity contribution is 5.79. The molecular formula is C19H31N2O2+. The van der Waals surface area contributed by atoms with Crippen LogP contribution in [0.25, 0.3) is 0 Å². The molecule has 1 atom stereocenters. The van der Waals surface area contributed by atoms with E-state index < -0.39 is 0 Å². The zero-order chi connectivity index (χ0) is 16.5. The molecule has 0 saturated heterocycles. The number of rotatable bonds is 6. The molecule has 128 valence electrons. The van der Waals surface area contributed by atoms with Gasteiger partial charge in [-0.1, -0.05) is 31.4 Å². The molecule has 1 aliphatic carbocycles. The van der Waals surface area contributed by atoms with Crippen LogP contribution in [0, 0.1) is 0 Å². The molecule has 2 rings (SSSR count). The second kappa shape index (κ2) is 9.56. The SMILES string of the molecule is COc1ccc(CNC(=O)[C@@H](C)[NH2+]C2CCCCCCC2)cc1. The maximum Gasteiger partial charge on any atom is 0.278 e. The Bertz CT molecular complexity index is 465. The third kappa shape index (κ3) is 6.22. The van der Waals surface area contributed by atoms with Crippen molar-refractivity contribution in [2.45, 2.75) is 70.5 Å². The first-order valence-electron chi connectivity index (χ1n) is 8.94. The number of quaternary nitrogens is 1. The summed E-state index contributed by atoms with van der Waals surface area (Å²) >= 11 is 0. The Kier molecular flexibility index (Phi) is 7.40. The molecule has 1 aromatic carbocycles. The number of nitrogens with one attached hydrogen (secondary N) is 1. The third-order valence-corrected chi connectivity index (χ3v) is 4.75. The van der Waals surface area contributed by atoms with Gasteiger partial charge in [-0.15, -0.1) is 0 Å².